The summed E-state index contributed by atoms with van der Waals surface area (Å²) in [5, 5.41) is 5.45. The lowest BCUT2D eigenvalue weighted by molar-refractivity contribution is -0.118. The monoisotopic (exact) mass is 348 g/mol. The van der Waals surface area contributed by atoms with Crippen LogP contribution in [0, 0.1) is 5.92 Å². The SMILES string of the molecule is COC(=O)N1c2ccc(C(=O)NCCN)cc2NC(=O)C1CC(C)C. The van der Waals surface area contributed by atoms with E-state index in [1.807, 2.05) is 13.8 Å². The molecule has 8 nitrogen and oxygen atoms in total. The van der Waals surface area contributed by atoms with Crippen molar-refractivity contribution in [3.8, 4) is 0 Å². The van der Waals surface area contributed by atoms with Crippen molar-refractivity contribution in [1.29, 1.82) is 0 Å². The second-order valence-electron chi connectivity index (χ2n) is 6.25. The highest BCUT2D eigenvalue weighted by Crippen LogP contribution is 2.35. The summed E-state index contributed by atoms with van der Waals surface area (Å²) in [5.74, 6) is -0.381. The zero-order chi connectivity index (χ0) is 18.6. The predicted octanol–water partition coefficient (Wildman–Crippen LogP) is 1.31. The van der Waals surface area contributed by atoms with Crippen molar-refractivity contribution in [2.45, 2.75) is 26.3 Å². The smallest absolute Gasteiger partial charge is 0.414 e. The third kappa shape index (κ3) is 4.08. The van der Waals surface area contributed by atoms with Crippen LogP contribution in [0.15, 0.2) is 18.2 Å². The Morgan fingerprint density at radius 3 is 2.72 bits per heavy atom. The van der Waals surface area contributed by atoms with Crippen LogP contribution < -0.4 is 21.3 Å². The van der Waals surface area contributed by atoms with E-state index in [1.54, 1.807) is 18.2 Å². The van der Waals surface area contributed by atoms with E-state index in [4.69, 9.17) is 10.5 Å². The summed E-state index contributed by atoms with van der Waals surface area (Å²) in [6.45, 7) is 4.64. The molecule has 1 atom stereocenters. The van der Waals surface area contributed by atoms with Gasteiger partial charge < -0.3 is 21.1 Å². The fourth-order valence-corrected chi connectivity index (χ4v) is 2.76. The molecular weight excluding hydrogens is 324 g/mol. The molecule has 0 fully saturated rings. The molecule has 0 aromatic heterocycles. The van der Waals surface area contributed by atoms with Gasteiger partial charge in [0.1, 0.15) is 6.04 Å². The molecule has 2 rings (SSSR count). The van der Waals surface area contributed by atoms with Crippen LogP contribution in [0.1, 0.15) is 30.6 Å². The molecule has 0 saturated carbocycles. The number of rotatable bonds is 5. The molecule has 1 heterocycles. The first-order valence-corrected chi connectivity index (χ1v) is 8.19. The maximum absolute atomic E-state index is 12.5. The molecule has 1 aromatic rings. The molecule has 0 saturated heterocycles. The summed E-state index contributed by atoms with van der Waals surface area (Å²) < 4.78 is 4.85. The quantitative estimate of drug-likeness (QED) is 0.742. The molecule has 0 spiro atoms. The van der Waals surface area contributed by atoms with Gasteiger partial charge in [0.15, 0.2) is 0 Å². The predicted molar refractivity (Wildman–Crippen MR) is 94.6 cm³/mol. The summed E-state index contributed by atoms with van der Waals surface area (Å²) in [4.78, 5) is 38.2. The van der Waals surface area contributed by atoms with E-state index in [1.165, 1.54) is 12.0 Å². The summed E-state index contributed by atoms with van der Waals surface area (Å²) in [5.41, 5.74) is 6.66. The Balaban J connectivity index is 2.39. The minimum atomic E-state index is -0.656. The first-order valence-electron chi connectivity index (χ1n) is 8.19. The number of hydrogen-bond donors (Lipinski definition) is 3. The van der Waals surface area contributed by atoms with Gasteiger partial charge in [0.25, 0.3) is 5.91 Å². The lowest BCUT2D eigenvalue weighted by Gasteiger charge is -2.36. The Hall–Kier alpha value is -2.61. The average molecular weight is 348 g/mol. The first kappa shape index (κ1) is 18.7. The van der Waals surface area contributed by atoms with Crippen LogP contribution >= 0.6 is 0 Å². The molecule has 136 valence electrons. The van der Waals surface area contributed by atoms with Crippen LogP contribution in [0.4, 0.5) is 16.2 Å². The zero-order valence-electron chi connectivity index (χ0n) is 14.7. The minimum Gasteiger partial charge on any atom is -0.452 e. The van der Waals surface area contributed by atoms with Crippen LogP contribution in [-0.4, -0.2) is 44.1 Å². The van der Waals surface area contributed by atoms with Crippen LogP contribution in [0.5, 0.6) is 0 Å². The number of methoxy groups -OCH3 is 1. The largest absolute Gasteiger partial charge is 0.452 e. The Kier molecular flexibility index (Phi) is 5.97. The fraction of sp³-hybridized carbons (Fsp3) is 0.471. The molecule has 0 radical (unpaired) electrons. The second-order valence-corrected chi connectivity index (χ2v) is 6.25. The number of carbonyl (C=O) groups is 3. The Morgan fingerprint density at radius 2 is 2.12 bits per heavy atom. The summed E-state index contributed by atoms with van der Waals surface area (Å²) >= 11 is 0. The number of nitrogens with one attached hydrogen (secondary N) is 2. The van der Waals surface area contributed by atoms with Crippen LogP contribution in [-0.2, 0) is 9.53 Å². The first-order chi connectivity index (χ1) is 11.9. The van der Waals surface area contributed by atoms with Gasteiger partial charge in [0.05, 0.1) is 18.5 Å². The molecule has 1 unspecified atom stereocenters. The molecular formula is C17H24N4O4. The molecule has 4 N–H and O–H groups in total. The zero-order valence-corrected chi connectivity index (χ0v) is 14.7. The van der Waals surface area contributed by atoms with Crippen molar-refractivity contribution < 1.29 is 19.1 Å². The topological polar surface area (TPSA) is 114 Å². The van der Waals surface area contributed by atoms with E-state index in [-0.39, 0.29) is 17.7 Å². The molecule has 1 aliphatic heterocycles. The number of anilines is 2. The van der Waals surface area contributed by atoms with Gasteiger partial charge in [-0.25, -0.2) is 4.79 Å². The Labute approximate surface area is 146 Å². The van der Waals surface area contributed by atoms with E-state index >= 15 is 0 Å². The molecule has 0 aliphatic carbocycles. The summed E-state index contributed by atoms with van der Waals surface area (Å²) in [6.07, 6.45) is -0.110. The third-order valence-electron chi connectivity index (χ3n) is 3.89. The van der Waals surface area contributed by atoms with Crippen molar-refractivity contribution in [2.24, 2.45) is 11.7 Å². The number of amides is 3. The third-order valence-corrected chi connectivity index (χ3v) is 3.89. The van der Waals surface area contributed by atoms with Gasteiger partial charge >= 0.3 is 6.09 Å². The number of hydrogen-bond acceptors (Lipinski definition) is 5. The summed E-state index contributed by atoms with van der Waals surface area (Å²) in [7, 11) is 1.27. The van der Waals surface area contributed by atoms with E-state index in [2.05, 4.69) is 10.6 Å². The number of nitrogens with two attached hydrogens (primary N) is 1. The van der Waals surface area contributed by atoms with Crippen molar-refractivity contribution in [3.05, 3.63) is 23.8 Å². The number of nitrogens with zero attached hydrogens (tertiary/aromatic N) is 1. The number of carbonyl (C=O) groups excluding carboxylic acids is 3. The van der Waals surface area contributed by atoms with Gasteiger partial charge in [0.2, 0.25) is 5.91 Å². The molecule has 1 aliphatic rings. The maximum atomic E-state index is 12.5. The number of fused-ring (bicyclic) bond motifs is 1. The lowest BCUT2D eigenvalue weighted by Crippen LogP contribution is -2.51. The van der Waals surface area contributed by atoms with Crippen molar-refractivity contribution >= 4 is 29.3 Å². The van der Waals surface area contributed by atoms with Gasteiger partial charge in [-0.05, 0) is 30.5 Å². The molecule has 0 bridgehead atoms. The van der Waals surface area contributed by atoms with Crippen molar-refractivity contribution in [1.82, 2.24) is 5.32 Å². The van der Waals surface area contributed by atoms with E-state index in [0.717, 1.165) is 0 Å². The molecule has 25 heavy (non-hydrogen) atoms. The van der Waals surface area contributed by atoms with Gasteiger partial charge in [-0.1, -0.05) is 13.8 Å². The standard InChI is InChI=1S/C17H24N4O4/c1-10(2)8-14-16(23)20-12-9-11(15(22)19-7-6-18)4-5-13(12)21(14)17(24)25-3/h4-5,9-10,14H,6-8,18H2,1-3H3,(H,19,22)(H,20,23). The van der Waals surface area contributed by atoms with Gasteiger partial charge in [-0.2, -0.15) is 0 Å². The molecule has 8 heteroatoms. The van der Waals surface area contributed by atoms with Crippen LogP contribution in [0.25, 0.3) is 0 Å². The van der Waals surface area contributed by atoms with E-state index in [9.17, 15) is 14.4 Å². The van der Waals surface area contributed by atoms with Gasteiger partial charge in [-0.15, -0.1) is 0 Å². The Bertz CT molecular complexity index is 675. The lowest BCUT2D eigenvalue weighted by atomic mass is 9.98. The summed E-state index contributed by atoms with van der Waals surface area (Å²) in [6, 6.07) is 4.12. The van der Waals surface area contributed by atoms with Gasteiger partial charge in [-0.3, -0.25) is 14.5 Å². The van der Waals surface area contributed by atoms with Crippen molar-refractivity contribution in [3.63, 3.8) is 0 Å². The normalized spacial score (nSPS) is 16.3. The number of ether oxygens (including phenoxy) is 1. The van der Waals surface area contributed by atoms with E-state index in [0.29, 0.717) is 36.4 Å². The minimum absolute atomic E-state index is 0.214. The fourth-order valence-electron chi connectivity index (χ4n) is 2.76. The van der Waals surface area contributed by atoms with Gasteiger partial charge in [0, 0.05) is 18.7 Å². The van der Waals surface area contributed by atoms with E-state index < -0.39 is 12.1 Å². The molecule has 3 amide bonds. The highest BCUT2D eigenvalue weighted by molar-refractivity contribution is 6.11. The van der Waals surface area contributed by atoms with Crippen LogP contribution in [0.3, 0.4) is 0 Å². The van der Waals surface area contributed by atoms with Crippen molar-refractivity contribution in [2.75, 3.05) is 30.4 Å². The highest BCUT2D eigenvalue weighted by atomic mass is 16.5. The average Bonchev–Trinajstić information content (AvgIpc) is 2.58. The Morgan fingerprint density at radius 1 is 1.40 bits per heavy atom. The highest BCUT2D eigenvalue weighted by Gasteiger charge is 2.38. The molecule has 1 aromatic carbocycles. The second kappa shape index (κ2) is 7.98. The maximum Gasteiger partial charge on any atom is 0.414 e. The number of benzene rings is 1. The van der Waals surface area contributed by atoms with Crippen LogP contribution in [0.2, 0.25) is 0 Å².